The topological polar surface area (TPSA) is 20.2 Å². The molecule has 0 unspecified atom stereocenters. The Bertz CT molecular complexity index is 274. The van der Waals surface area contributed by atoms with Crippen LogP contribution in [-0.2, 0) is 0 Å². The number of rotatable bonds is 1. The number of hydrogen-bond donors (Lipinski definition) is 1. The fourth-order valence-electron chi connectivity index (χ4n) is 2.25. The molecule has 1 aliphatic carbocycles. The van der Waals surface area contributed by atoms with Crippen LogP contribution in [0.3, 0.4) is 0 Å². The lowest BCUT2D eigenvalue weighted by atomic mass is 9.84. The normalized spacial score (nSPS) is 18.8. The van der Waals surface area contributed by atoms with Gasteiger partial charge in [-0.25, -0.2) is 0 Å². The van der Waals surface area contributed by atoms with Gasteiger partial charge in [-0.2, -0.15) is 0 Å². The second kappa shape index (κ2) is 3.82. The predicted octanol–water partition coefficient (Wildman–Crippen LogP) is 3.44. The van der Waals surface area contributed by atoms with E-state index < -0.39 is 0 Å². The third-order valence-electron chi connectivity index (χ3n) is 2.98. The fraction of sp³-hybridized carbons (Fsp3) is 0.500. The van der Waals surface area contributed by atoms with Crippen LogP contribution in [0, 0.1) is 0 Å². The Morgan fingerprint density at radius 1 is 1.00 bits per heavy atom. The first-order valence-electron chi connectivity index (χ1n) is 5.16. The summed E-state index contributed by atoms with van der Waals surface area (Å²) in [6.45, 7) is 0. The summed E-state index contributed by atoms with van der Waals surface area (Å²) in [6, 6.07) is 7.76. The smallest absolute Gasteiger partial charge is 0.119 e. The van der Waals surface area contributed by atoms with Gasteiger partial charge in [-0.05, 0) is 30.4 Å². The lowest BCUT2D eigenvalue weighted by Gasteiger charge is -2.22. The van der Waals surface area contributed by atoms with Crippen LogP contribution >= 0.6 is 0 Å². The number of benzene rings is 1. The average molecular weight is 176 g/mol. The minimum atomic E-state index is 0.481. The molecule has 1 heteroatoms. The van der Waals surface area contributed by atoms with Gasteiger partial charge in [0.1, 0.15) is 5.75 Å². The van der Waals surface area contributed by atoms with Gasteiger partial charge in [0.15, 0.2) is 0 Å². The van der Waals surface area contributed by atoms with Crippen molar-refractivity contribution in [3.05, 3.63) is 29.8 Å². The van der Waals surface area contributed by atoms with Crippen LogP contribution in [0.1, 0.15) is 43.6 Å². The minimum Gasteiger partial charge on any atom is -0.508 e. The molecule has 1 aromatic carbocycles. The van der Waals surface area contributed by atoms with Crippen LogP contribution in [0.15, 0.2) is 24.3 Å². The van der Waals surface area contributed by atoms with E-state index in [-0.39, 0.29) is 0 Å². The molecular formula is C12H16O. The molecule has 0 spiro atoms. The van der Waals surface area contributed by atoms with Gasteiger partial charge in [0, 0.05) is 0 Å². The Balaban J connectivity index is 2.18. The number of aromatic hydroxyl groups is 1. The summed E-state index contributed by atoms with van der Waals surface area (Å²) in [5.74, 6) is 1.09. The molecule has 0 atom stereocenters. The fourth-order valence-corrected chi connectivity index (χ4v) is 2.25. The minimum absolute atomic E-state index is 0.481. The molecule has 70 valence electrons. The molecule has 0 radical (unpaired) electrons. The van der Waals surface area contributed by atoms with Crippen molar-refractivity contribution in [2.24, 2.45) is 0 Å². The van der Waals surface area contributed by atoms with Crippen LogP contribution in [0.25, 0.3) is 0 Å². The van der Waals surface area contributed by atoms with Gasteiger partial charge in [0.2, 0.25) is 0 Å². The number of phenols is 1. The Morgan fingerprint density at radius 2 is 1.69 bits per heavy atom. The predicted molar refractivity (Wildman–Crippen MR) is 53.9 cm³/mol. The summed E-state index contributed by atoms with van der Waals surface area (Å²) in [4.78, 5) is 0. The second-order valence-electron chi connectivity index (χ2n) is 3.89. The van der Waals surface area contributed by atoms with Gasteiger partial charge in [-0.15, -0.1) is 0 Å². The largest absolute Gasteiger partial charge is 0.508 e. The summed E-state index contributed by atoms with van der Waals surface area (Å²) in [7, 11) is 0. The first-order chi connectivity index (χ1) is 6.38. The SMILES string of the molecule is Oc1ccccc1C1CCCCC1. The number of phenolic OH excluding ortho intramolecular Hbond substituents is 1. The summed E-state index contributed by atoms with van der Waals surface area (Å²) >= 11 is 0. The highest BCUT2D eigenvalue weighted by Gasteiger charge is 2.17. The van der Waals surface area contributed by atoms with Crippen molar-refractivity contribution in [1.82, 2.24) is 0 Å². The van der Waals surface area contributed by atoms with E-state index in [0.717, 1.165) is 5.56 Å². The molecule has 0 aromatic heterocycles. The van der Waals surface area contributed by atoms with Crippen LogP contribution in [-0.4, -0.2) is 5.11 Å². The molecular weight excluding hydrogens is 160 g/mol. The molecule has 0 bridgehead atoms. The zero-order valence-electron chi connectivity index (χ0n) is 7.87. The highest BCUT2D eigenvalue weighted by Crippen LogP contribution is 2.36. The van der Waals surface area contributed by atoms with Crippen molar-refractivity contribution >= 4 is 0 Å². The van der Waals surface area contributed by atoms with Crippen molar-refractivity contribution in [3.8, 4) is 5.75 Å². The molecule has 0 amide bonds. The van der Waals surface area contributed by atoms with Gasteiger partial charge in [0.25, 0.3) is 0 Å². The molecule has 13 heavy (non-hydrogen) atoms. The van der Waals surface area contributed by atoms with Crippen molar-refractivity contribution in [2.45, 2.75) is 38.0 Å². The third-order valence-corrected chi connectivity index (χ3v) is 2.98. The highest BCUT2D eigenvalue weighted by atomic mass is 16.3. The number of para-hydroxylation sites is 1. The molecule has 0 saturated heterocycles. The Morgan fingerprint density at radius 3 is 2.38 bits per heavy atom. The first kappa shape index (κ1) is 8.61. The van der Waals surface area contributed by atoms with Crippen molar-refractivity contribution in [1.29, 1.82) is 0 Å². The lowest BCUT2D eigenvalue weighted by Crippen LogP contribution is -2.04. The summed E-state index contributed by atoms with van der Waals surface area (Å²) in [5, 5.41) is 9.66. The van der Waals surface area contributed by atoms with Gasteiger partial charge < -0.3 is 5.11 Å². The Hall–Kier alpha value is -0.980. The summed E-state index contributed by atoms with van der Waals surface area (Å²) in [5.41, 5.74) is 1.15. The van der Waals surface area contributed by atoms with Gasteiger partial charge in [-0.3, -0.25) is 0 Å². The van der Waals surface area contributed by atoms with E-state index in [1.165, 1.54) is 32.1 Å². The lowest BCUT2D eigenvalue weighted by molar-refractivity contribution is 0.414. The zero-order valence-corrected chi connectivity index (χ0v) is 7.87. The van der Waals surface area contributed by atoms with Gasteiger partial charge >= 0.3 is 0 Å². The maximum absolute atomic E-state index is 9.66. The molecule has 1 aliphatic rings. The summed E-state index contributed by atoms with van der Waals surface area (Å²) < 4.78 is 0. The van der Waals surface area contributed by atoms with E-state index in [2.05, 4.69) is 6.07 Å². The molecule has 1 nitrogen and oxygen atoms in total. The third kappa shape index (κ3) is 1.85. The van der Waals surface area contributed by atoms with Crippen molar-refractivity contribution in [2.75, 3.05) is 0 Å². The average Bonchev–Trinajstić information content (AvgIpc) is 2.20. The molecule has 0 aliphatic heterocycles. The monoisotopic (exact) mass is 176 g/mol. The molecule has 1 fully saturated rings. The van der Waals surface area contributed by atoms with E-state index >= 15 is 0 Å². The molecule has 2 rings (SSSR count). The van der Waals surface area contributed by atoms with Gasteiger partial charge in [-0.1, -0.05) is 37.5 Å². The molecule has 1 saturated carbocycles. The van der Waals surface area contributed by atoms with E-state index in [9.17, 15) is 5.11 Å². The van der Waals surface area contributed by atoms with E-state index in [4.69, 9.17) is 0 Å². The van der Waals surface area contributed by atoms with Crippen LogP contribution in [0.5, 0.6) is 5.75 Å². The Kier molecular flexibility index (Phi) is 2.53. The quantitative estimate of drug-likeness (QED) is 0.695. The second-order valence-corrected chi connectivity index (χ2v) is 3.89. The van der Waals surface area contributed by atoms with E-state index in [1.54, 1.807) is 6.07 Å². The van der Waals surface area contributed by atoms with Gasteiger partial charge in [0.05, 0.1) is 0 Å². The molecule has 0 heterocycles. The first-order valence-corrected chi connectivity index (χ1v) is 5.16. The highest BCUT2D eigenvalue weighted by molar-refractivity contribution is 5.34. The molecule has 1 aromatic rings. The standard InChI is InChI=1S/C12H16O/c13-12-9-5-4-8-11(12)10-6-2-1-3-7-10/h4-5,8-10,13H,1-3,6-7H2. The zero-order chi connectivity index (χ0) is 9.10. The summed E-state index contributed by atoms with van der Waals surface area (Å²) in [6.07, 6.45) is 6.50. The van der Waals surface area contributed by atoms with Crippen molar-refractivity contribution < 1.29 is 5.11 Å². The van der Waals surface area contributed by atoms with Crippen LogP contribution in [0.2, 0.25) is 0 Å². The van der Waals surface area contributed by atoms with E-state index in [1.807, 2.05) is 12.1 Å². The van der Waals surface area contributed by atoms with Crippen molar-refractivity contribution in [3.63, 3.8) is 0 Å². The maximum atomic E-state index is 9.66. The van der Waals surface area contributed by atoms with Crippen LogP contribution in [0.4, 0.5) is 0 Å². The molecule has 1 N–H and O–H groups in total. The maximum Gasteiger partial charge on any atom is 0.119 e. The van der Waals surface area contributed by atoms with Crippen LogP contribution < -0.4 is 0 Å². The Labute approximate surface area is 79.4 Å². The number of hydrogen-bond acceptors (Lipinski definition) is 1. The van der Waals surface area contributed by atoms with E-state index in [0.29, 0.717) is 11.7 Å².